The minimum absolute atomic E-state index is 0.124. The van der Waals surface area contributed by atoms with Gasteiger partial charge in [-0.2, -0.15) is 0 Å². The lowest BCUT2D eigenvalue weighted by Gasteiger charge is -2.17. The molecule has 0 bridgehead atoms. The third-order valence-corrected chi connectivity index (χ3v) is 2.90. The maximum absolute atomic E-state index is 9.64. The van der Waals surface area contributed by atoms with Gasteiger partial charge in [-0.15, -0.1) is 0 Å². The van der Waals surface area contributed by atoms with Crippen molar-refractivity contribution in [2.75, 3.05) is 19.8 Å². The van der Waals surface area contributed by atoms with E-state index in [4.69, 9.17) is 15.2 Å². The van der Waals surface area contributed by atoms with Gasteiger partial charge < -0.3 is 20.3 Å². The molecule has 5 heteroatoms. The molecule has 0 aliphatic carbocycles. The van der Waals surface area contributed by atoms with E-state index in [1.165, 1.54) is 0 Å². The lowest BCUT2D eigenvalue weighted by molar-refractivity contribution is 0.0162. The monoisotopic (exact) mass is 317 g/mol. The Morgan fingerprint density at radius 1 is 1.39 bits per heavy atom. The highest BCUT2D eigenvalue weighted by Crippen LogP contribution is 2.27. The first-order valence-electron chi connectivity index (χ1n) is 5.98. The van der Waals surface area contributed by atoms with E-state index in [9.17, 15) is 5.11 Å². The summed E-state index contributed by atoms with van der Waals surface area (Å²) in [7, 11) is 0. The van der Waals surface area contributed by atoms with Crippen LogP contribution in [0.5, 0.6) is 5.75 Å². The molecule has 1 rings (SSSR count). The van der Waals surface area contributed by atoms with Crippen LogP contribution in [0.25, 0.3) is 0 Å². The van der Waals surface area contributed by atoms with Gasteiger partial charge in [-0.25, -0.2) is 0 Å². The minimum Gasteiger partial charge on any atom is -0.490 e. The van der Waals surface area contributed by atoms with Crippen LogP contribution in [-0.4, -0.2) is 31.0 Å². The Labute approximate surface area is 116 Å². The number of ether oxygens (including phenoxy) is 2. The number of aliphatic hydroxyl groups is 1. The third kappa shape index (κ3) is 4.94. The molecular weight excluding hydrogens is 298 g/mol. The molecule has 1 aromatic rings. The van der Waals surface area contributed by atoms with Crippen LogP contribution in [0, 0.1) is 0 Å². The van der Waals surface area contributed by atoms with Crippen LogP contribution >= 0.6 is 15.9 Å². The Kier molecular flexibility index (Phi) is 6.63. The van der Waals surface area contributed by atoms with Crippen molar-refractivity contribution in [3.8, 4) is 5.75 Å². The molecule has 0 aliphatic heterocycles. The summed E-state index contributed by atoms with van der Waals surface area (Å²) in [6.07, 6.45) is -0.630. The first kappa shape index (κ1) is 15.4. The van der Waals surface area contributed by atoms with Crippen LogP contribution in [0.15, 0.2) is 22.7 Å². The highest BCUT2D eigenvalue weighted by molar-refractivity contribution is 9.10. The van der Waals surface area contributed by atoms with Gasteiger partial charge in [0, 0.05) is 22.7 Å². The summed E-state index contributed by atoms with van der Waals surface area (Å²) in [6, 6.07) is 5.53. The van der Waals surface area contributed by atoms with Gasteiger partial charge in [0.2, 0.25) is 0 Å². The molecule has 18 heavy (non-hydrogen) atoms. The van der Waals surface area contributed by atoms with Gasteiger partial charge >= 0.3 is 0 Å². The number of rotatable bonds is 7. The summed E-state index contributed by atoms with van der Waals surface area (Å²) in [5.41, 5.74) is 6.79. The quantitative estimate of drug-likeness (QED) is 0.809. The summed E-state index contributed by atoms with van der Waals surface area (Å²) in [6.45, 7) is 4.84. The Morgan fingerprint density at radius 2 is 2.11 bits per heavy atom. The second-order valence-electron chi connectivity index (χ2n) is 4.10. The first-order chi connectivity index (χ1) is 8.54. The zero-order valence-corrected chi connectivity index (χ0v) is 12.3. The van der Waals surface area contributed by atoms with Gasteiger partial charge in [0.1, 0.15) is 18.5 Å². The molecule has 0 saturated carbocycles. The standard InChI is InChI=1S/C13H20BrNO3/c1-3-17-7-11(16)8-18-13-5-4-10(14)6-12(13)9(2)15/h4-6,9,11,16H,3,7-8,15H2,1-2H3/t9-,11?/m1/s1. The SMILES string of the molecule is CCOCC(O)COc1ccc(Br)cc1[C@@H](C)N. The molecule has 102 valence electrons. The maximum Gasteiger partial charge on any atom is 0.124 e. The Hall–Kier alpha value is -0.620. The lowest BCUT2D eigenvalue weighted by atomic mass is 10.1. The number of nitrogens with two attached hydrogens (primary N) is 1. The van der Waals surface area contributed by atoms with Crippen LogP contribution in [0.4, 0.5) is 0 Å². The van der Waals surface area contributed by atoms with E-state index in [1.807, 2.05) is 32.0 Å². The molecule has 0 spiro atoms. The first-order valence-corrected chi connectivity index (χ1v) is 6.77. The van der Waals surface area contributed by atoms with Gasteiger partial charge in [0.25, 0.3) is 0 Å². The fourth-order valence-electron chi connectivity index (χ4n) is 1.49. The third-order valence-electron chi connectivity index (χ3n) is 2.41. The fraction of sp³-hybridized carbons (Fsp3) is 0.538. The van der Waals surface area contributed by atoms with E-state index in [0.29, 0.717) is 12.4 Å². The molecule has 3 N–H and O–H groups in total. The van der Waals surface area contributed by atoms with Crippen molar-refractivity contribution in [1.29, 1.82) is 0 Å². The molecule has 1 unspecified atom stereocenters. The van der Waals surface area contributed by atoms with E-state index >= 15 is 0 Å². The number of hydrogen-bond acceptors (Lipinski definition) is 4. The van der Waals surface area contributed by atoms with Gasteiger partial charge in [0.15, 0.2) is 0 Å². The molecular formula is C13H20BrNO3. The van der Waals surface area contributed by atoms with Crippen molar-refractivity contribution in [3.63, 3.8) is 0 Å². The smallest absolute Gasteiger partial charge is 0.124 e. The second kappa shape index (κ2) is 7.74. The summed E-state index contributed by atoms with van der Waals surface area (Å²) in [5, 5.41) is 9.64. The molecule has 0 fully saturated rings. The summed E-state index contributed by atoms with van der Waals surface area (Å²) in [5.74, 6) is 0.698. The summed E-state index contributed by atoms with van der Waals surface area (Å²) >= 11 is 3.40. The van der Waals surface area contributed by atoms with Crippen molar-refractivity contribution in [2.24, 2.45) is 5.73 Å². The van der Waals surface area contributed by atoms with Crippen molar-refractivity contribution in [1.82, 2.24) is 0 Å². The van der Waals surface area contributed by atoms with Gasteiger partial charge in [-0.3, -0.25) is 0 Å². The highest BCUT2D eigenvalue weighted by Gasteiger charge is 2.11. The van der Waals surface area contributed by atoms with E-state index in [1.54, 1.807) is 0 Å². The lowest BCUT2D eigenvalue weighted by Crippen LogP contribution is -2.24. The molecule has 0 saturated heterocycles. The normalized spacial score (nSPS) is 14.3. The topological polar surface area (TPSA) is 64.7 Å². The van der Waals surface area contributed by atoms with Crippen molar-refractivity contribution >= 4 is 15.9 Å². The van der Waals surface area contributed by atoms with Gasteiger partial charge in [-0.05, 0) is 32.0 Å². The van der Waals surface area contributed by atoms with Crippen LogP contribution in [0.3, 0.4) is 0 Å². The largest absolute Gasteiger partial charge is 0.490 e. The average Bonchev–Trinajstić information content (AvgIpc) is 2.34. The number of benzene rings is 1. The van der Waals surface area contributed by atoms with Gasteiger partial charge in [-0.1, -0.05) is 15.9 Å². The fourth-order valence-corrected chi connectivity index (χ4v) is 1.87. The predicted molar refractivity (Wildman–Crippen MR) is 74.7 cm³/mol. The average molecular weight is 318 g/mol. The van der Waals surface area contributed by atoms with Crippen molar-refractivity contribution < 1.29 is 14.6 Å². The number of aliphatic hydroxyl groups excluding tert-OH is 1. The maximum atomic E-state index is 9.64. The van der Waals surface area contributed by atoms with Gasteiger partial charge in [0.05, 0.1) is 6.61 Å². The van der Waals surface area contributed by atoms with Crippen molar-refractivity contribution in [2.45, 2.75) is 26.0 Å². The second-order valence-corrected chi connectivity index (χ2v) is 5.01. The molecule has 2 atom stereocenters. The van der Waals surface area contributed by atoms with Crippen LogP contribution in [0.2, 0.25) is 0 Å². The van der Waals surface area contributed by atoms with E-state index in [-0.39, 0.29) is 19.3 Å². The molecule has 0 aromatic heterocycles. The summed E-state index contributed by atoms with van der Waals surface area (Å²) < 4.78 is 11.7. The molecule has 0 heterocycles. The molecule has 0 aliphatic rings. The highest BCUT2D eigenvalue weighted by atomic mass is 79.9. The van der Waals surface area contributed by atoms with Crippen LogP contribution < -0.4 is 10.5 Å². The molecule has 0 radical (unpaired) electrons. The van der Waals surface area contributed by atoms with E-state index < -0.39 is 6.10 Å². The number of hydrogen-bond donors (Lipinski definition) is 2. The predicted octanol–water partition coefficient (Wildman–Crippen LogP) is 2.25. The molecule has 4 nitrogen and oxygen atoms in total. The van der Waals surface area contributed by atoms with Crippen LogP contribution in [0.1, 0.15) is 25.5 Å². The number of halogens is 1. The zero-order valence-electron chi connectivity index (χ0n) is 10.7. The molecule has 1 aromatic carbocycles. The minimum atomic E-state index is -0.630. The van der Waals surface area contributed by atoms with Crippen LogP contribution in [-0.2, 0) is 4.74 Å². The Morgan fingerprint density at radius 3 is 2.72 bits per heavy atom. The zero-order chi connectivity index (χ0) is 13.5. The van der Waals surface area contributed by atoms with E-state index in [0.717, 1.165) is 10.0 Å². The Balaban J connectivity index is 2.61. The summed E-state index contributed by atoms with van der Waals surface area (Å²) in [4.78, 5) is 0. The van der Waals surface area contributed by atoms with Crippen molar-refractivity contribution in [3.05, 3.63) is 28.2 Å². The van der Waals surface area contributed by atoms with E-state index in [2.05, 4.69) is 15.9 Å². The Bertz CT molecular complexity index is 371. The molecule has 0 amide bonds.